The molecule has 1 saturated heterocycles. The zero-order valence-corrected chi connectivity index (χ0v) is 15.0. The molecule has 2 aliphatic rings. The van der Waals surface area contributed by atoms with Crippen LogP contribution in [0.3, 0.4) is 0 Å². The Morgan fingerprint density at radius 2 is 2.04 bits per heavy atom. The molecule has 3 rings (SSSR count). The van der Waals surface area contributed by atoms with E-state index < -0.39 is 6.10 Å². The molecule has 0 aromatic heterocycles. The molecular weight excluding hydrogens is 322 g/mol. The van der Waals surface area contributed by atoms with Gasteiger partial charge in [0.15, 0.2) is 11.5 Å². The average Bonchev–Trinajstić information content (AvgIpc) is 2.66. The van der Waals surface area contributed by atoms with Gasteiger partial charge in [0.05, 0.1) is 12.7 Å². The number of likely N-dealkylation sites (N-methyl/N-ethyl adjacent to an activating group) is 1. The Kier molecular flexibility index (Phi) is 6.15. The van der Waals surface area contributed by atoms with E-state index in [1.54, 1.807) is 18.9 Å². The lowest BCUT2D eigenvalue weighted by Gasteiger charge is -2.26. The topological polar surface area (TPSA) is 57.2 Å². The Labute approximate surface area is 149 Å². The SMILES string of the molecule is C[C@@H](OC[C@@H]1CCCCO1)C(=O)N(C)Cc1ccc2c(c1)OCCO2. The summed E-state index contributed by atoms with van der Waals surface area (Å²) in [5.41, 5.74) is 1.00. The monoisotopic (exact) mass is 349 g/mol. The van der Waals surface area contributed by atoms with E-state index in [2.05, 4.69) is 0 Å². The van der Waals surface area contributed by atoms with Gasteiger partial charge < -0.3 is 23.8 Å². The van der Waals surface area contributed by atoms with Crippen LogP contribution in [0.1, 0.15) is 31.7 Å². The Balaban J connectivity index is 1.49. The van der Waals surface area contributed by atoms with Gasteiger partial charge in [-0.15, -0.1) is 0 Å². The summed E-state index contributed by atoms with van der Waals surface area (Å²) in [5, 5.41) is 0. The molecule has 1 fully saturated rings. The van der Waals surface area contributed by atoms with Crippen molar-refractivity contribution in [2.24, 2.45) is 0 Å². The maximum absolute atomic E-state index is 12.5. The largest absolute Gasteiger partial charge is 0.486 e. The standard InChI is InChI=1S/C19H27NO5/c1-14(25-13-16-5-3-4-8-22-16)19(21)20(2)12-15-6-7-17-18(11-15)24-10-9-23-17/h6-7,11,14,16H,3-5,8-10,12-13H2,1-2H3/t14-,16+/m1/s1. The molecule has 0 radical (unpaired) electrons. The second-order valence-corrected chi connectivity index (χ2v) is 6.64. The fourth-order valence-electron chi connectivity index (χ4n) is 3.11. The number of benzene rings is 1. The first-order chi connectivity index (χ1) is 12.1. The Bertz CT molecular complexity index is 585. The molecule has 2 atom stereocenters. The van der Waals surface area contributed by atoms with Gasteiger partial charge in [0.2, 0.25) is 0 Å². The number of carbonyl (C=O) groups excluding carboxylic acids is 1. The first-order valence-electron chi connectivity index (χ1n) is 9.00. The summed E-state index contributed by atoms with van der Waals surface area (Å²) < 4.78 is 22.5. The van der Waals surface area contributed by atoms with Gasteiger partial charge >= 0.3 is 0 Å². The summed E-state index contributed by atoms with van der Waals surface area (Å²) >= 11 is 0. The molecule has 25 heavy (non-hydrogen) atoms. The van der Waals surface area contributed by atoms with Gasteiger partial charge in [-0.25, -0.2) is 0 Å². The van der Waals surface area contributed by atoms with Crippen LogP contribution in [-0.4, -0.2) is 56.5 Å². The fraction of sp³-hybridized carbons (Fsp3) is 0.632. The highest BCUT2D eigenvalue weighted by Crippen LogP contribution is 2.31. The highest BCUT2D eigenvalue weighted by molar-refractivity contribution is 5.80. The summed E-state index contributed by atoms with van der Waals surface area (Å²) in [6.07, 6.45) is 2.93. The molecule has 6 heteroatoms. The van der Waals surface area contributed by atoms with E-state index in [-0.39, 0.29) is 12.0 Å². The molecule has 1 amide bonds. The van der Waals surface area contributed by atoms with E-state index in [9.17, 15) is 4.79 Å². The van der Waals surface area contributed by atoms with Crippen LogP contribution in [0.15, 0.2) is 18.2 Å². The number of hydrogen-bond acceptors (Lipinski definition) is 5. The second kappa shape index (κ2) is 8.54. The quantitative estimate of drug-likeness (QED) is 0.789. The van der Waals surface area contributed by atoms with E-state index in [1.165, 1.54) is 6.42 Å². The van der Waals surface area contributed by atoms with Gasteiger partial charge in [0.25, 0.3) is 5.91 Å². The van der Waals surface area contributed by atoms with Crippen molar-refractivity contribution < 1.29 is 23.7 Å². The zero-order valence-electron chi connectivity index (χ0n) is 15.0. The van der Waals surface area contributed by atoms with Crippen LogP contribution in [0.5, 0.6) is 11.5 Å². The van der Waals surface area contributed by atoms with E-state index >= 15 is 0 Å². The number of amides is 1. The Morgan fingerprint density at radius 3 is 2.80 bits per heavy atom. The van der Waals surface area contributed by atoms with Gasteiger partial charge in [-0.05, 0) is 43.9 Å². The van der Waals surface area contributed by atoms with E-state index in [1.807, 2.05) is 18.2 Å². The maximum atomic E-state index is 12.5. The molecule has 2 heterocycles. The predicted molar refractivity (Wildman–Crippen MR) is 92.9 cm³/mol. The molecule has 0 bridgehead atoms. The summed E-state index contributed by atoms with van der Waals surface area (Å²) in [6.45, 7) is 4.70. The molecule has 2 aliphatic heterocycles. The molecule has 1 aromatic carbocycles. The van der Waals surface area contributed by atoms with Gasteiger partial charge in [0, 0.05) is 20.2 Å². The number of hydrogen-bond donors (Lipinski definition) is 0. The van der Waals surface area contributed by atoms with E-state index in [4.69, 9.17) is 18.9 Å². The molecule has 0 aliphatic carbocycles. The molecule has 0 unspecified atom stereocenters. The minimum atomic E-state index is -0.479. The number of rotatable bonds is 6. The van der Waals surface area contributed by atoms with E-state index in [0.717, 1.165) is 36.5 Å². The number of carbonyl (C=O) groups is 1. The summed E-state index contributed by atoms with van der Waals surface area (Å²) in [4.78, 5) is 14.2. The van der Waals surface area contributed by atoms with Gasteiger partial charge in [-0.3, -0.25) is 4.79 Å². The van der Waals surface area contributed by atoms with Crippen molar-refractivity contribution >= 4 is 5.91 Å². The number of nitrogens with zero attached hydrogens (tertiary/aromatic N) is 1. The lowest BCUT2D eigenvalue weighted by atomic mass is 10.1. The maximum Gasteiger partial charge on any atom is 0.251 e. The average molecular weight is 349 g/mol. The smallest absolute Gasteiger partial charge is 0.251 e. The van der Waals surface area contributed by atoms with Crippen LogP contribution in [0.2, 0.25) is 0 Å². The predicted octanol–water partition coefficient (Wildman–Crippen LogP) is 2.39. The van der Waals surface area contributed by atoms with Crippen molar-refractivity contribution in [3.63, 3.8) is 0 Å². The van der Waals surface area contributed by atoms with Crippen molar-refractivity contribution in [1.82, 2.24) is 4.90 Å². The van der Waals surface area contributed by atoms with Crippen LogP contribution in [-0.2, 0) is 20.8 Å². The van der Waals surface area contributed by atoms with E-state index in [0.29, 0.717) is 26.4 Å². The first-order valence-corrected chi connectivity index (χ1v) is 9.00. The van der Waals surface area contributed by atoms with Gasteiger partial charge in [-0.1, -0.05) is 6.07 Å². The lowest BCUT2D eigenvalue weighted by molar-refractivity contribution is -0.145. The van der Waals surface area contributed by atoms with Crippen LogP contribution >= 0.6 is 0 Å². The van der Waals surface area contributed by atoms with Crippen LogP contribution in [0.25, 0.3) is 0 Å². The van der Waals surface area contributed by atoms with Crippen LogP contribution in [0, 0.1) is 0 Å². The van der Waals surface area contributed by atoms with Gasteiger partial charge in [-0.2, -0.15) is 0 Å². The Hall–Kier alpha value is -1.79. The summed E-state index contributed by atoms with van der Waals surface area (Å²) in [5.74, 6) is 1.46. The summed E-state index contributed by atoms with van der Waals surface area (Å²) in [6, 6.07) is 5.78. The third-order valence-corrected chi connectivity index (χ3v) is 4.56. The molecule has 0 spiro atoms. The molecule has 0 N–H and O–H groups in total. The molecule has 1 aromatic rings. The second-order valence-electron chi connectivity index (χ2n) is 6.64. The highest BCUT2D eigenvalue weighted by Gasteiger charge is 2.22. The molecule has 0 saturated carbocycles. The van der Waals surface area contributed by atoms with Crippen molar-refractivity contribution in [3.8, 4) is 11.5 Å². The normalized spacial score (nSPS) is 20.8. The molecule has 138 valence electrons. The van der Waals surface area contributed by atoms with Gasteiger partial charge in [0.1, 0.15) is 19.3 Å². The number of ether oxygens (including phenoxy) is 4. The minimum Gasteiger partial charge on any atom is -0.486 e. The van der Waals surface area contributed by atoms with Crippen molar-refractivity contribution in [2.45, 2.75) is 44.9 Å². The van der Waals surface area contributed by atoms with Crippen molar-refractivity contribution in [1.29, 1.82) is 0 Å². The Morgan fingerprint density at radius 1 is 1.24 bits per heavy atom. The van der Waals surface area contributed by atoms with Crippen molar-refractivity contribution in [2.75, 3.05) is 33.5 Å². The molecule has 6 nitrogen and oxygen atoms in total. The highest BCUT2D eigenvalue weighted by atomic mass is 16.6. The molecular formula is C19H27NO5. The third kappa shape index (κ3) is 4.86. The fourth-order valence-corrected chi connectivity index (χ4v) is 3.11. The third-order valence-electron chi connectivity index (χ3n) is 4.56. The first kappa shape index (κ1) is 18.0. The van der Waals surface area contributed by atoms with Crippen LogP contribution < -0.4 is 9.47 Å². The lowest BCUT2D eigenvalue weighted by Crippen LogP contribution is -2.38. The zero-order chi connectivity index (χ0) is 17.6. The number of fused-ring (bicyclic) bond motifs is 1. The minimum absolute atomic E-state index is 0.0364. The summed E-state index contributed by atoms with van der Waals surface area (Å²) in [7, 11) is 1.79. The van der Waals surface area contributed by atoms with Crippen molar-refractivity contribution in [3.05, 3.63) is 23.8 Å². The van der Waals surface area contributed by atoms with Crippen LogP contribution in [0.4, 0.5) is 0 Å².